The van der Waals surface area contributed by atoms with Crippen molar-refractivity contribution in [3.8, 4) is 0 Å². The van der Waals surface area contributed by atoms with Crippen molar-refractivity contribution in [2.75, 3.05) is 14.1 Å². The van der Waals surface area contributed by atoms with Gasteiger partial charge in [0.05, 0.1) is 17.0 Å². The van der Waals surface area contributed by atoms with Gasteiger partial charge in [-0.1, -0.05) is 0 Å². The Bertz CT molecular complexity index is 268. The summed E-state index contributed by atoms with van der Waals surface area (Å²) in [5.41, 5.74) is 0.153. The van der Waals surface area contributed by atoms with Crippen molar-refractivity contribution < 1.29 is 0 Å². The standard InChI is InChI=1S/C14H31N3/c1-11(2)17-13(5,6)15(9)12(3,4)16(10)14(17,7)8/h11H,1-10H3. The molecule has 0 bridgehead atoms. The third kappa shape index (κ3) is 1.92. The average molecular weight is 241 g/mol. The molecule has 0 aromatic rings. The molecule has 0 saturated carbocycles. The van der Waals surface area contributed by atoms with Crippen LogP contribution in [-0.2, 0) is 0 Å². The van der Waals surface area contributed by atoms with Crippen LogP contribution in [0, 0.1) is 0 Å². The van der Waals surface area contributed by atoms with E-state index in [1.165, 1.54) is 0 Å². The third-order valence-electron chi connectivity index (χ3n) is 4.98. The second-order valence-electron chi connectivity index (χ2n) is 7.07. The smallest absolute Gasteiger partial charge is 0.0709 e. The van der Waals surface area contributed by atoms with Crippen LogP contribution in [0.2, 0.25) is 0 Å². The summed E-state index contributed by atoms with van der Waals surface area (Å²) in [6.45, 7) is 18.5. The highest BCUT2D eigenvalue weighted by Crippen LogP contribution is 2.43. The predicted molar refractivity (Wildman–Crippen MR) is 74.7 cm³/mol. The normalized spacial score (nSPS) is 29.8. The minimum absolute atomic E-state index is 0.0493. The van der Waals surface area contributed by atoms with Crippen molar-refractivity contribution in [1.82, 2.24) is 14.7 Å². The second kappa shape index (κ2) is 3.94. The Morgan fingerprint density at radius 2 is 0.941 bits per heavy atom. The lowest BCUT2D eigenvalue weighted by Gasteiger charge is -2.69. The fourth-order valence-corrected chi connectivity index (χ4v) is 3.82. The molecule has 0 aromatic heterocycles. The van der Waals surface area contributed by atoms with Gasteiger partial charge in [0.1, 0.15) is 0 Å². The Hall–Kier alpha value is -0.120. The van der Waals surface area contributed by atoms with E-state index in [1.807, 2.05) is 0 Å². The molecule has 1 aliphatic heterocycles. The van der Waals surface area contributed by atoms with Gasteiger partial charge in [0.2, 0.25) is 0 Å². The van der Waals surface area contributed by atoms with Crippen LogP contribution >= 0.6 is 0 Å². The molecule has 1 saturated heterocycles. The Kier molecular flexibility index (Phi) is 3.46. The van der Waals surface area contributed by atoms with Gasteiger partial charge in [-0.2, -0.15) is 0 Å². The summed E-state index contributed by atoms with van der Waals surface area (Å²) in [6.07, 6.45) is 0. The highest BCUT2D eigenvalue weighted by Gasteiger charge is 2.55. The van der Waals surface area contributed by atoms with E-state index in [9.17, 15) is 0 Å². The van der Waals surface area contributed by atoms with Gasteiger partial charge in [-0.15, -0.1) is 0 Å². The summed E-state index contributed by atoms with van der Waals surface area (Å²) < 4.78 is 0. The van der Waals surface area contributed by atoms with Crippen LogP contribution < -0.4 is 0 Å². The van der Waals surface area contributed by atoms with E-state index in [0.717, 1.165) is 0 Å². The lowest BCUT2D eigenvalue weighted by atomic mass is 9.91. The molecule has 1 heterocycles. The molecule has 0 radical (unpaired) electrons. The highest BCUT2D eigenvalue weighted by atomic mass is 15.6. The summed E-state index contributed by atoms with van der Waals surface area (Å²) >= 11 is 0. The first-order valence-corrected chi connectivity index (χ1v) is 6.65. The molecule has 1 rings (SSSR count). The van der Waals surface area contributed by atoms with Crippen molar-refractivity contribution in [2.24, 2.45) is 0 Å². The fourth-order valence-electron chi connectivity index (χ4n) is 3.82. The lowest BCUT2D eigenvalue weighted by Crippen LogP contribution is -2.81. The van der Waals surface area contributed by atoms with E-state index >= 15 is 0 Å². The maximum absolute atomic E-state index is 2.59. The number of hydrogen-bond donors (Lipinski definition) is 0. The molecule has 0 atom stereocenters. The molecule has 3 heteroatoms. The summed E-state index contributed by atoms with van der Waals surface area (Å²) in [5.74, 6) is 0. The first-order valence-electron chi connectivity index (χ1n) is 6.65. The molecule has 102 valence electrons. The molecule has 0 spiro atoms. The summed E-state index contributed by atoms with van der Waals surface area (Å²) in [5, 5.41) is 0. The van der Waals surface area contributed by atoms with E-state index < -0.39 is 0 Å². The fraction of sp³-hybridized carbons (Fsp3) is 1.00. The van der Waals surface area contributed by atoms with Crippen LogP contribution in [0.15, 0.2) is 0 Å². The van der Waals surface area contributed by atoms with Gasteiger partial charge < -0.3 is 0 Å². The molecule has 17 heavy (non-hydrogen) atoms. The monoisotopic (exact) mass is 241 g/mol. The van der Waals surface area contributed by atoms with Gasteiger partial charge in [-0.25, -0.2) is 0 Å². The van der Waals surface area contributed by atoms with Gasteiger partial charge >= 0.3 is 0 Å². The molecular weight excluding hydrogens is 210 g/mol. The second-order valence-corrected chi connectivity index (χ2v) is 7.07. The minimum atomic E-state index is 0.0493. The van der Waals surface area contributed by atoms with Crippen LogP contribution in [0.4, 0.5) is 0 Å². The van der Waals surface area contributed by atoms with Gasteiger partial charge in [-0.3, -0.25) is 14.7 Å². The van der Waals surface area contributed by atoms with Crippen LogP contribution in [0.3, 0.4) is 0 Å². The van der Waals surface area contributed by atoms with E-state index in [-0.39, 0.29) is 17.0 Å². The number of nitrogens with zero attached hydrogens (tertiary/aromatic N) is 3. The van der Waals surface area contributed by atoms with Gasteiger partial charge in [0.25, 0.3) is 0 Å². The minimum Gasteiger partial charge on any atom is -0.271 e. The lowest BCUT2D eigenvalue weighted by molar-refractivity contribution is -0.275. The van der Waals surface area contributed by atoms with Crippen LogP contribution in [0.5, 0.6) is 0 Å². The Labute approximate surface area is 108 Å². The van der Waals surface area contributed by atoms with E-state index in [0.29, 0.717) is 6.04 Å². The first kappa shape index (κ1) is 14.9. The third-order valence-corrected chi connectivity index (χ3v) is 4.98. The maximum Gasteiger partial charge on any atom is 0.0709 e. The van der Waals surface area contributed by atoms with Gasteiger partial charge in [0, 0.05) is 6.04 Å². The molecule has 0 aromatic carbocycles. The molecule has 0 unspecified atom stereocenters. The van der Waals surface area contributed by atoms with Crippen molar-refractivity contribution in [1.29, 1.82) is 0 Å². The van der Waals surface area contributed by atoms with Crippen molar-refractivity contribution in [2.45, 2.75) is 78.4 Å². The van der Waals surface area contributed by atoms with E-state index in [2.05, 4.69) is 84.2 Å². The Morgan fingerprint density at radius 3 is 1.18 bits per heavy atom. The molecule has 1 aliphatic rings. The summed E-state index contributed by atoms with van der Waals surface area (Å²) in [4.78, 5) is 7.52. The zero-order chi connectivity index (χ0) is 13.8. The average Bonchev–Trinajstić information content (AvgIpc) is 2.11. The number of rotatable bonds is 1. The highest BCUT2D eigenvalue weighted by molar-refractivity contribution is 5.04. The molecule has 3 nitrogen and oxygen atoms in total. The Balaban J connectivity index is 3.34. The van der Waals surface area contributed by atoms with Gasteiger partial charge in [0.15, 0.2) is 0 Å². The topological polar surface area (TPSA) is 9.72 Å². The van der Waals surface area contributed by atoms with Crippen LogP contribution in [0.1, 0.15) is 55.4 Å². The molecule has 0 aliphatic carbocycles. The van der Waals surface area contributed by atoms with Crippen LogP contribution in [0.25, 0.3) is 0 Å². The predicted octanol–water partition coefficient (Wildman–Crippen LogP) is 2.78. The zero-order valence-corrected chi connectivity index (χ0v) is 13.4. The maximum atomic E-state index is 2.59. The SMILES string of the molecule is CC(C)N1C(C)(C)N(C)C(C)(C)N(C)C1(C)C. The summed E-state index contributed by atoms with van der Waals surface area (Å²) in [7, 11) is 4.45. The quantitative estimate of drug-likeness (QED) is 0.699. The van der Waals surface area contributed by atoms with Crippen molar-refractivity contribution >= 4 is 0 Å². The van der Waals surface area contributed by atoms with E-state index in [4.69, 9.17) is 0 Å². The Morgan fingerprint density at radius 1 is 0.647 bits per heavy atom. The molecular formula is C14H31N3. The molecule has 0 N–H and O–H groups in total. The van der Waals surface area contributed by atoms with E-state index in [1.54, 1.807) is 0 Å². The van der Waals surface area contributed by atoms with Crippen molar-refractivity contribution in [3.05, 3.63) is 0 Å². The first-order chi connectivity index (χ1) is 7.37. The molecule has 1 fully saturated rings. The zero-order valence-electron chi connectivity index (χ0n) is 13.4. The van der Waals surface area contributed by atoms with Gasteiger partial charge in [-0.05, 0) is 69.5 Å². The number of hydrogen-bond acceptors (Lipinski definition) is 3. The molecule has 0 amide bonds. The van der Waals surface area contributed by atoms with Crippen molar-refractivity contribution in [3.63, 3.8) is 0 Å². The largest absolute Gasteiger partial charge is 0.271 e. The summed E-state index contributed by atoms with van der Waals surface area (Å²) in [6, 6.07) is 0.515. The van der Waals surface area contributed by atoms with Crippen LogP contribution in [-0.4, -0.2) is 51.8 Å².